The van der Waals surface area contributed by atoms with Crippen LogP contribution in [0, 0.1) is 0 Å². The van der Waals surface area contributed by atoms with E-state index in [0.29, 0.717) is 45.0 Å². The van der Waals surface area contributed by atoms with E-state index in [4.69, 9.17) is 5.11 Å². The molecule has 0 aliphatic heterocycles. The number of carbonyl (C=O) groups is 1. The average molecular weight is 529 g/mol. The van der Waals surface area contributed by atoms with E-state index in [0.717, 1.165) is 12.1 Å². The van der Waals surface area contributed by atoms with E-state index in [1.165, 1.54) is 15.2 Å². The molecule has 0 atom stereocenters. The average Bonchev–Trinajstić information content (AvgIpc) is 3.46. The van der Waals surface area contributed by atoms with Crippen molar-refractivity contribution in [2.24, 2.45) is 0 Å². The lowest BCUT2D eigenvalue weighted by Gasteiger charge is -2.05. The molecule has 194 valence electrons. The van der Waals surface area contributed by atoms with Gasteiger partial charge in [0.2, 0.25) is 0 Å². The monoisotopic (exact) mass is 529 g/mol. The molecule has 11 heteroatoms. The lowest BCUT2D eigenvalue weighted by Crippen LogP contribution is -2.22. The standard InChI is InChI=1S/C28H18F3N5O3/c29-28(30,31)18-7-12-21-22(15-18)34-25(33-21)17-5-10-19(11-6-17)35-23-2-1-13-32-26(23)36(27(35)39)20-8-3-16(4-9-20)14-24(37)38/h1-13,15H,14H2,(H,33,34)(H,37,38). The number of carboxylic acids is 1. The number of rotatable bonds is 5. The van der Waals surface area contributed by atoms with Crippen LogP contribution in [0.5, 0.6) is 0 Å². The third kappa shape index (κ3) is 4.33. The zero-order valence-corrected chi connectivity index (χ0v) is 20.0. The highest BCUT2D eigenvalue weighted by Crippen LogP contribution is 2.32. The number of H-pyrrole nitrogens is 1. The second-order valence-electron chi connectivity index (χ2n) is 8.90. The number of pyridine rings is 1. The molecule has 6 aromatic rings. The Morgan fingerprint density at radius 1 is 0.923 bits per heavy atom. The van der Waals surface area contributed by atoms with Gasteiger partial charge in [-0.15, -0.1) is 0 Å². The normalized spacial score (nSPS) is 11.9. The van der Waals surface area contributed by atoms with Gasteiger partial charge in [0.15, 0.2) is 5.65 Å². The molecule has 2 N–H and O–H groups in total. The predicted octanol–water partition coefficient (Wildman–Crippen LogP) is 5.37. The summed E-state index contributed by atoms with van der Waals surface area (Å²) in [4.78, 5) is 36.4. The molecule has 0 spiro atoms. The Morgan fingerprint density at radius 2 is 1.62 bits per heavy atom. The van der Waals surface area contributed by atoms with Crippen LogP contribution in [-0.2, 0) is 17.4 Å². The van der Waals surface area contributed by atoms with Gasteiger partial charge in [0, 0.05) is 11.8 Å². The van der Waals surface area contributed by atoms with Gasteiger partial charge in [0.1, 0.15) is 5.82 Å². The van der Waals surface area contributed by atoms with E-state index in [9.17, 15) is 22.8 Å². The number of hydrogen-bond acceptors (Lipinski definition) is 4. The fourth-order valence-electron chi connectivity index (χ4n) is 4.54. The first-order valence-corrected chi connectivity index (χ1v) is 11.8. The Bertz CT molecular complexity index is 1920. The van der Waals surface area contributed by atoms with Gasteiger partial charge < -0.3 is 10.1 Å². The molecule has 39 heavy (non-hydrogen) atoms. The van der Waals surface area contributed by atoms with Crippen LogP contribution >= 0.6 is 0 Å². The number of nitrogens with one attached hydrogen (secondary N) is 1. The van der Waals surface area contributed by atoms with Crippen molar-refractivity contribution < 1.29 is 23.1 Å². The highest BCUT2D eigenvalue weighted by molar-refractivity contribution is 5.81. The van der Waals surface area contributed by atoms with Crippen molar-refractivity contribution >= 4 is 28.2 Å². The second kappa shape index (κ2) is 8.98. The molecule has 0 unspecified atom stereocenters. The lowest BCUT2D eigenvalue weighted by atomic mass is 10.1. The first-order chi connectivity index (χ1) is 18.7. The van der Waals surface area contributed by atoms with Crippen molar-refractivity contribution in [3.63, 3.8) is 0 Å². The number of carboxylic acid groups (broad SMARTS) is 1. The quantitative estimate of drug-likeness (QED) is 0.313. The fourth-order valence-corrected chi connectivity index (χ4v) is 4.54. The number of halogens is 3. The van der Waals surface area contributed by atoms with Crippen LogP contribution < -0.4 is 5.69 Å². The summed E-state index contributed by atoms with van der Waals surface area (Å²) in [5, 5.41) is 9.02. The van der Waals surface area contributed by atoms with E-state index in [1.54, 1.807) is 66.9 Å². The zero-order chi connectivity index (χ0) is 27.3. The van der Waals surface area contributed by atoms with Crippen LogP contribution in [0.2, 0.25) is 0 Å². The van der Waals surface area contributed by atoms with Gasteiger partial charge in [-0.1, -0.05) is 12.1 Å². The second-order valence-corrected chi connectivity index (χ2v) is 8.90. The minimum absolute atomic E-state index is 0.129. The smallest absolute Gasteiger partial charge is 0.416 e. The van der Waals surface area contributed by atoms with E-state index in [1.807, 2.05) is 0 Å². The molecular weight excluding hydrogens is 511 g/mol. The largest absolute Gasteiger partial charge is 0.481 e. The summed E-state index contributed by atoms with van der Waals surface area (Å²) in [5.74, 6) is -0.552. The number of aromatic amines is 1. The third-order valence-electron chi connectivity index (χ3n) is 6.36. The molecule has 0 aliphatic carbocycles. The number of aliphatic carboxylic acids is 1. The molecule has 0 saturated heterocycles. The summed E-state index contributed by atoms with van der Waals surface area (Å²) in [6.07, 6.45) is -3.00. The Hall–Kier alpha value is -5.19. The number of hydrogen-bond donors (Lipinski definition) is 2. The molecule has 0 bridgehead atoms. The van der Waals surface area contributed by atoms with Crippen LogP contribution in [0.15, 0.2) is 89.9 Å². The molecule has 0 radical (unpaired) electrons. The summed E-state index contributed by atoms with van der Waals surface area (Å²) in [5.41, 5.74) is 2.85. The fraction of sp³-hybridized carbons (Fsp3) is 0.0714. The van der Waals surface area contributed by atoms with Gasteiger partial charge in [0.05, 0.1) is 39.9 Å². The van der Waals surface area contributed by atoms with Crippen molar-refractivity contribution in [2.45, 2.75) is 12.6 Å². The van der Waals surface area contributed by atoms with E-state index >= 15 is 0 Å². The summed E-state index contributed by atoms with van der Waals surface area (Å²) in [6.45, 7) is 0. The Morgan fingerprint density at radius 3 is 2.31 bits per heavy atom. The van der Waals surface area contributed by atoms with E-state index in [-0.39, 0.29) is 17.6 Å². The Balaban J connectivity index is 1.39. The lowest BCUT2D eigenvalue weighted by molar-refractivity contribution is -0.138. The molecule has 6 rings (SSSR count). The van der Waals surface area contributed by atoms with Crippen molar-refractivity contribution in [3.05, 3.63) is 107 Å². The van der Waals surface area contributed by atoms with Crippen LogP contribution in [-0.4, -0.2) is 35.2 Å². The molecular formula is C28H18F3N5O3. The molecule has 3 aromatic carbocycles. The Kier molecular flexibility index (Phi) is 5.56. The van der Waals surface area contributed by atoms with Gasteiger partial charge in [-0.2, -0.15) is 13.2 Å². The number of alkyl halides is 3. The van der Waals surface area contributed by atoms with Crippen molar-refractivity contribution in [2.75, 3.05) is 0 Å². The van der Waals surface area contributed by atoms with Gasteiger partial charge in [-0.3, -0.25) is 9.36 Å². The van der Waals surface area contributed by atoms with Crippen LogP contribution in [0.25, 0.3) is 45.0 Å². The third-order valence-corrected chi connectivity index (χ3v) is 6.36. The number of benzene rings is 3. The molecule has 3 heterocycles. The van der Waals surface area contributed by atoms with Gasteiger partial charge >= 0.3 is 17.8 Å². The number of aromatic nitrogens is 5. The highest BCUT2D eigenvalue weighted by Gasteiger charge is 2.30. The van der Waals surface area contributed by atoms with Gasteiger partial charge in [-0.25, -0.2) is 19.3 Å². The predicted molar refractivity (Wildman–Crippen MR) is 138 cm³/mol. The summed E-state index contributed by atoms with van der Waals surface area (Å²) < 4.78 is 42.2. The van der Waals surface area contributed by atoms with Crippen molar-refractivity contribution in [3.8, 4) is 22.8 Å². The zero-order valence-electron chi connectivity index (χ0n) is 20.0. The van der Waals surface area contributed by atoms with E-state index in [2.05, 4.69) is 15.0 Å². The summed E-state index contributed by atoms with van der Waals surface area (Å²) >= 11 is 0. The van der Waals surface area contributed by atoms with Crippen LogP contribution in [0.4, 0.5) is 13.2 Å². The molecule has 0 aliphatic rings. The van der Waals surface area contributed by atoms with E-state index < -0.39 is 17.7 Å². The maximum absolute atomic E-state index is 13.6. The maximum Gasteiger partial charge on any atom is 0.416 e. The van der Waals surface area contributed by atoms with Crippen LogP contribution in [0.1, 0.15) is 11.1 Å². The minimum Gasteiger partial charge on any atom is -0.481 e. The first kappa shape index (κ1) is 24.2. The molecule has 0 saturated carbocycles. The minimum atomic E-state index is -4.46. The molecule has 0 amide bonds. The summed E-state index contributed by atoms with van der Waals surface area (Å²) in [6, 6.07) is 20.4. The van der Waals surface area contributed by atoms with Crippen LogP contribution in [0.3, 0.4) is 0 Å². The summed E-state index contributed by atoms with van der Waals surface area (Å²) in [7, 11) is 0. The molecule has 3 aromatic heterocycles. The van der Waals surface area contributed by atoms with Crippen molar-refractivity contribution in [1.29, 1.82) is 0 Å². The van der Waals surface area contributed by atoms with Gasteiger partial charge in [-0.05, 0) is 72.3 Å². The Labute approximate surface area is 217 Å². The number of imidazole rings is 2. The number of nitrogens with zero attached hydrogens (tertiary/aromatic N) is 4. The highest BCUT2D eigenvalue weighted by atomic mass is 19.4. The van der Waals surface area contributed by atoms with Crippen molar-refractivity contribution in [1.82, 2.24) is 24.1 Å². The molecule has 0 fully saturated rings. The topological polar surface area (TPSA) is 106 Å². The maximum atomic E-state index is 13.6. The molecule has 8 nitrogen and oxygen atoms in total. The number of fused-ring (bicyclic) bond motifs is 2. The first-order valence-electron chi connectivity index (χ1n) is 11.8. The van der Waals surface area contributed by atoms with Gasteiger partial charge in [0.25, 0.3) is 0 Å². The SMILES string of the molecule is O=C(O)Cc1ccc(-n2c(=O)n(-c3ccc(-c4nc5ccc(C(F)(F)F)cc5[nH]4)cc3)c3cccnc32)cc1.